The van der Waals surface area contributed by atoms with Gasteiger partial charge in [0.15, 0.2) is 12.3 Å². The van der Waals surface area contributed by atoms with Gasteiger partial charge in [-0.25, -0.2) is 16.8 Å². The Balaban J connectivity index is 0.00000461. The van der Waals surface area contributed by atoms with Crippen LogP contribution in [0.1, 0.15) is 33.1 Å². The summed E-state index contributed by atoms with van der Waals surface area (Å²) in [6, 6.07) is 20.1. The minimum Gasteiger partial charge on any atom is -0.748 e. The van der Waals surface area contributed by atoms with Crippen LogP contribution >= 0.6 is 11.6 Å². The summed E-state index contributed by atoms with van der Waals surface area (Å²) in [5.41, 5.74) is 4.12. The van der Waals surface area contributed by atoms with Crippen LogP contribution in [0.5, 0.6) is 5.75 Å². The Kier molecular flexibility index (Phi) is 10.9. The summed E-state index contributed by atoms with van der Waals surface area (Å²) in [6.07, 6.45) is 3.87. The average molecular weight is 681 g/mol. The van der Waals surface area contributed by atoms with Gasteiger partial charge in [0, 0.05) is 23.7 Å². The molecule has 1 aromatic heterocycles. The van der Waals surface area contributed by atoms with Crippen molar-refractivity contribution in [2.45, 2.75) is 44.2 Å². The number of hydrogen-bond acceptors (Lipinski definition) is 9. The smallest absolute Gasteiger partial charge is 0.748 e. The molecule has 2 atom stereocenters. The van der Waals surface area contributed by atoms with Crippen molar-refractivity contribution in [3.63, 3.8) is 0 Å². The van der Waals surface area contributed by atoms with Crippen molar-refractivity contribution in [3.8, 4) is 16.9 Å². The monoisotopic (exact) mass is 680 g/mol. The summed E-state index contributed by atoms with van der Waals surface area (Å²) in [5, 5.41) is -2.09. The van der Waals surface area contributed by atoms with Crippen molar-refractivity contribution >= 4 is 54.7 Å². The molecule has 1 aliphatic heterocycles. The number of anilines is 1. The normalized spacial score (nSPS) is 15.9. The maximum Gasteiger partial charge on any atom is 1.00 e. The number of fused-ring (bicyclic) bond motifs is 2. The van der Waals surface area contributed by atoms with Crippen LogP contribution < -0.4 is 43.8 Å². The maximum atomic E-state index is 11.9. The Labute approximate surface area is 289 Å². The molecule has 1 aliphatic rings. The Morgan fingerprint density at radius 1 is 0.956 bits per heavy atom. The number of allylic oxidation sites excluding steroid dienone is 2. The fraction of sp³-hybridized carbons (Fsp3) is 0.258. The largest absolute Gasteiger partial charge is 1.00 e. The fourth-order valence-corrected chi connectivity index (χ4v) is 5.67. The molecular formula is C31H30ClN2NaO8S2. The zero-order chi connectivity index (χ0) is 31.8. The second kappa shape index (κ2) is 14.0. The van der Waals surface area contributed by atoms with Crippen molar-refractivity contribution in [2.24, 2.45) is 0 Å². The van der Waals surface area contributed by atoms with Gasteiger partial charge < -0.3 is 23.2 Å². The summed E-state index contributed by atoms with van der Waals surface area (Å²) in [4.78, 5) is 1.58. The van der Waals surface area contributed by atoms with Crippen LogP contribution in [-0.4, -0.2) is 43.0 Å². The summed E-state index contributed by atoms with van der Waals surface area (Å²) in [7, 11) is -9.19. The molecular weight excluding hydrogens is 651 g/mol. The predicted octanol–water partition coefficient (Wildman–Crippen LogP) is 2.45. The summed E-state index contributed by atoms with van der Waals surface area (Å²) in [5.74, 6) is 1.01. The molecule has 0 radical (unpaired) electrons. The molecule has 0 N–H and O–H groups in total. The molecule has 0 amide bonds. The van der Waals surface area contributed by atoms with Gasteiger partial charge in [-0.2, -0.15) is 4.57 Å². The molecule has 4 aromatic rings. The van der Waals surface area contributed by atoms with E-state index in [1.165, 1.54) is 13.8 Å². The van der Waals surface area contributed by atoms with Gasteiger partial charge in [-0.05, 0) is 61.2 Å². The summed E-state index contributed by atoms with van der Waals surface area (Å²) in [6.45, 7) is 4.24. The van der Waals surface area contributed by atoms with Gasteiger partial charge in [0.2, 0.25) is 11.5 Å². The van der Waals surface area contributed by atoms with Crippen LogP contribution in [-0.2, 0) is 26.8 Å². The first-order chi connectivity index (χ1) is 20.7. The molecule has 0 saturated heterocycles. The first kappa shape index (κ1) is 35.2. The number of rotatable bonds is 10. The third-order valence-corrected chi connectivity index (χ3v) is 9.93. The van der Waals surface area contributed by atoms with E-state index < -0.39 is 30.7 Å². The molecule has 0 spiro atoms. The molecule has 5 rings (SSSR count). The van der Waals surface area contributed by atoms with Crippen LogP contribution in [0.25, 0.3) is 28.3 Å². The molecule has 0 fully saturated rings. The minimum absolute atomic E-state index is 0. The zero-order valence-corrected chi connectivity index (χ0v) is 29.5. The van der Waals surface area contributed by atoms with Crippen LogP contribution in [0.2, 0.25) is 5.02 Å². The van der Waals surface area contributed by atoms with Crippen molar-refractivity contribution in [2.75, 3.05) is 11.4 Å². The number of oxazole rings is 1. The van der Waals surface area contributed by atoms with Gasteiger partial charge in [-0.1, -0.05) is 54.9 Å². The molecule has 3 aromatic carbocycles. The van der Waals surface area contributed by atoms with Crippen LogP contribution in [0.15, 0.2) is 88.7 Å². The molecule has 0 saturated carbocycles. The Bertz CT molecular complexity index is 1990. The molecule has 14 heteroatoms. The molecule has 232 valence electrons. The summed E-state index contributed by atoms with van der Waals surface area (Å²) >= 11 is 6.21. The van der Waals surface area contributed by atoms with Crippen molar-refractivity contribution in [1.82, 2.24) is 0 Å². The maximum absolute atomic E-state index is 11.9. The summed E-state index contributed by atoms with van der Waals surface area (Å²) < 4.78 is 84.9. The third kappa shape index (κ3) is 8.01. The number of nitrogens with zero attached hydrogens (tertiary/aromatic N) is 2. The quantitative estimate of drug-likeness (QED) is 0.140. The van der Waals surface area contributed by atoms with Crippen LogP contribution in [0.4, 0.5) is 5.69 Å². The van der Waals surface area contributed by atoms with Gasteiger partial charge in [-0.15, -0.1) is 0 Å². The SMILES string of the molecule is CCC(/C=C1\Oc2ccc(Cl)cc2N1CC(C)S(=O)(=O)[O-])=C\c1oc2ccc(-c3ccccc3)cc2[n+]1CC(C)S(=O)(=O)[O-].[Na+]. The Hall–Kier alpha value is -2.68. The molecule has 2 unspecified atom stereocenters. The Morgan fingerprint density at radius 3 is 2.29 bits per heavy atom. The molecule has 10 nitrogen and oxygen atoms in total. The second-order valence-electron chi connectivity index (χ2n) is 10.6. The van der Waals surface area contributed by atoms with Gasteiger partial charge in [-0.3, -0.25) is 0 Å². The first-order valence-electron chi connectivity index (χ1n) is 13.8. The van der Waals surface area contributed by atoms with Gasteiger partial charge >= 0.3 is 35.4 Å². The third-order valence-electron chi connectivity index (χ3n) is 7.42. The van der Waals surface area contributed by atoms with Gasteiger partial charge in [0.25, 0.3) is 5.52 Å². The van der Waals surface area contributed by atoms with E-state index in [9.17, 15) is 25.9 Å². The van der Waals surface area contributed by atoms with Crippen molar-refractivity contribution in [3.05, 3.63) is 95.2 Å². The Morgan fingerprint density at radius 2 is 1.64 bits per heavy atom. The number of aromatic nitrogens is 1. The van der Waals surface area contributed by atoms with Gasteiger partial charge in [0.05, 0.1) is 27.1 Å². The van der Waals surface area contributed by atoms with E-state index >= 15 is 0 Å². The first-order valence-corrected chi connectivity index (χ1v) is 17.1. The molecule has 2 heterocycles. The molecule has 0 aliphatic carbocycles. The van der Waals surface area contributed by atoms with E-state index in [-0.39, 0.29) is 48.5 Å². The van der Waals surface area contributed by atoms with E-state index in [0.717, 1.165) is 11.1 Å². The average Bonchev–Trinajstić information content (AvgIpc) is 3.48. The van der Waals surface area contributed by atoms with E-state index in [1.807, 2.05) is 49.4 Å². The minimum atomic E-state index is -4.60. The van der Waals surface area contributed by atoms with Gasteiger partial charge in [0.1, 0.15) is 15.4 Å². The topological polar surface area (TPSA) is 144 Å². The predicted molar refractivity (Wildman–Crippen MR) is 166 cm³/mol. The van der Waals surface area contributed by atoms with E-state index in [1.54, 1.807) is 45.9 Å². The number of ether oxygens (including phenoxy) is 1. The van der Waals surface area contributed by atoms with Crippen molar-refractivity contribution in [1.29, 1.82) is 0 Å². The standard InChI is InChI=1S/C31H31ClN2O8S2.Na/c1-4-22(15-31-34(19-21(3)44(38,39)40)27-17-25(32)11-13-29(27)42-31)14-30-33(18-20(2)43(35,36)37)26-16-24(10-12-28(26)41-30)23-8-6-5-7-9-23;/h5-17,20-21H,4,18-19H2,1-3H3,(H-,35,36,37,38,39,40);/q;+1/p-1. The van der Waals surface area contributed by atoms with Crippen molar-refractivity contribution < 1.29 is 69.2 Å². The molecule has 0 bridgehead atoms. The fourth-order valence-electron chi connectivity index (χ4n) is 4.84. The van der Waals surface area contributed by atoms with E-state index in [2.05, 4.69) is 0 Å². The zero-order valence-electron chi connectivity index (χ0n) is 25.1. The number of halogens is 1. The van der Waals surface area contributed by atoms with E-state index in [0.29, 0.717) is 45.4 Å². The van der Waals surface area contributed by atoms with Crippen LogP contribution in [0, 0.1) is 0 Å². The molecule has 45 heavy (non-hydrogen) atoms. The van der Waals surface area contributed by atoms with E-state index in [4.69, 9.17) is 20.8 Å². The van der Waals surface area contributed by atoms with Crippen LogP contribution in [0.3, 0.4) is 0 Å². The number of hydrogen-bond donors (Lipinski definition) is 0. The second-order valence-corrected chi connectivity index (χ2v) is 14.6. The number of benzene rings is 3.